The SMILES string of the molecule is c1ccc(-c2ccc(-c3nc(-c4ccc5ccccc5c4)nc(-c4cccc5oc6cc(-c7cc8ccccc8c8oc9ccccc9c78)ccc6c45)n3)cc2)cc1. The zero-order valence-electron chi connectivity index (χ0n) is 31.1. The number of fused-ring (bicyclic) bond motifs is 9. The minimum absolute atomic E-state index is 0.582. The second-order valence-electron chi connectivity index (χ2n) is 14.8. The Kier molecular flexibility index (Phi) is 7.16. The van der Waals surface area contributed by atoms with Crippen molar-refractivity contribution in [3.05, 3.63) is 188 Å². The van der Waals surface area contributed by atoms with Crippen molar-refractivity contribution in [2.45, 2.75) is 0 Å². The summed E-state index contributed by atoms with van der Waals surface area (Å²) in [6.07, 6.45) is 0. The quantitative estimate of drug-likeness (QED) is 0.176. The molecule has 9 aromatic carbocycles. The van der Waals surface area contributed by atoms with Gasteiger partial charge in [0.15, 0.2) is 17.5 Å². The molecular weight excluding hydrogens is 711 g/mol. The Morgan fingerprint density at radius 2 is 0.914 bits per heavy atom. The van der Waals surface area contributed by atoms with Crippen molar-refractivity contribution in [1.82, 2.24) is 15.0 Å². The average molecular weight is 742 g/mol. The van der Waals surface area contributed by atoms with Crippen LogP contribution in [0.3, 0.4) is 0 Å². The van der Waals surface area contributed by atoms with Gasteiger partial charge in [-0.1, -0.05) is 152 Å². The lowest BCUT2D eigenvalue weighted by atomic mass is 9.94. The van der Waals surface area contributed by atoms with E-state index in [0.29, 0.717) is 17.5 Å². The predicted molar refractivity (Wildman–Crippen MR) is 237 cm³/mol. The normalized spacial score (nSPS) is 11.8. The maximum atomic E-state index is 6.68. The van der Waals surface area contributed by atoms with Crippen molar-refractivity contribution in [2.24, 2.45) is 0 Å². The van der Waals surface area contributed by atoms with E-state index in [2.05, 4.69) is 158 Å². The monoisotopic (exact) mass is 741 g/mol. The second-order valence-corrected chi connectivity index (χ2v) is 14.8. The first-order valence-corrected chi connectivity index (χ1v) is 19.4. The molecule has 0 aliphatic carbocycles. The van der Waals surface area contributed by atoms with Crippen LogP contribution < -0.4 is 0 Å². The van der Waals surface area contributed by atoms with Crippen LogP contribution in [0.4, 0.5) is 0 Å². The molecule has 58 heavy (non-hydrogen) atoms. The van der Waals surface area contributed by atoms with Gasteiger partial charge in [-0.15, -0.1) is 0 Å². The number of rotatable bonds is 5. The number of benzene rings is 9. The van der Waals surface area contributed by atoms with Gasteiger partial charge in [-0.3, -0.25) is 0 Å². The van der Waals surface area contributed by atoms with Crippen molar-refractivity contribution < 1.29 is 8.83 Å². The molecule has 0 atom stereocenters. The zero-order chi connectivity index (χ0) is 38.2. The van der Waals surface area contributed by atoms with Crippen LogP contribution in [0, 0.1) is 0 Å². The van der Waals surface area contributed by atoms with E-state index >= 15 is 0 Å². The van der Waals surface area contributed by atoms with Crippen molar-refractivity contribution in [3.63, 3.8) is 0 Å². The maximum absolute atomic E-state index is 6.68. The van der Waals surface area contributed by atoms with Gasteiger partial charge in [0.2, 0.25) is 0 Å². The van der Waals surface area contributed by atoms with Gasteiger partial charge < -0.3 is 8.83 Å². The van der Waals surface area contributed by atoms with Crippen molar-refractivity contribution in [1.29, 1.82) is 0 Å². The molecule has 0 N–H and O–H groups in total. The third kappa shape index (κ3) is 5.21. The Morgan fingerprint density at radius 3 is 1.78 bits per heavy atom. The van der Waals surface area contributed by atoms with E-state index in [1.54, 1.807) is 0 Å². The number of furan rings is 2. The standard InChI is InChI=1S/C53H31N3O2/c1-2-11-32(12-3-1)34-21-24-35(25-22-34)51-54-52(39-26-23-33-13-4-5-14-36(33)29-39)56-53(55-51)43-18-10-20-46-48(43)42-28-27-38(31-47(42)57-46)44-30-37-15-6-7-16-40(37)50-49(44)41-17-8-9-19-45(41)58-50/h1-31H. The Labute approximate surface area is 332 Å². The lowest BCUT2D eigenvalue weighted by Gasteiger charge is -2.10. The highest BCUT2D eigenvalue weighted by Crippen LogP contribution is 2.43. The van der Waals surface area contributed by atoms with Gasteiger partial charge in [-0.05, 0) is 74.8 Å². The topological polar surface area (TPSA) is 65.0 Å². The van der Waals surface area contributed by atoms with Crippen LogP contribution >= 0.6 is 0 Å². The maximum Gasteiger partial charge on any atom is 0.164 e. The minimum atomic E-state index is 0.582. The molecule has 12 aromatic rings. The first-order chi connectivity index (χ1) is 28.7. The fourth-order valence-electron chi connectivity index (χ4n) is 8.49. The van der Waals surface area contributed by atoms with E-state index in [-0.39, 0.29) is 0 Å². The van der Waals surface area contributed by atoms with Crippen LogP contribution in [0.2, 0.25) is 0 Å². The number of hydrogen-bond acceptors (Lipinski definition) is 5. The molecule has 0 saturated carbocycles. The molecule has 0 radical (unpaired) electrons. The lowest BCUT2D eigenvalue weighted by Crippen LogP contribution is -2.00. The predicted octanol–water partition coefficient (Wildman–Crippen LogP) is 14.3. The molecule has 0 fully saturated rings. The summed E-state index contributed by atoms with van der Waals surface area (Å²) >= 11 is 0. The van der Waals surface area contributed by atoms with Gasteiger partial charge in [-0.25, -0.2) is 15.0 Å². The summed E-state index contributed by atoms with van der Waals surface area (Å²) in [5, 5.41) is 8.65. The van der Waals surface area contributed by atoms with E-state index in [1.807, 2.05) is 30.3 Å². The van der Waals surface area contributed by atoms with Crippen LogP contribution in [0.25, 0.3) is 122 Å². The molecular formula is C53H31N3O2. The molecule has 12 rings (SSSR count). The van der Waals surface area contributed by atoms with Gasteiger partial charge in [0, 0.05) is 43.6 Å². The molecule has 270 valence electrons. The van der Waals surface area contributed by atoms with Crippen LogP contribution in [0.1, 0.15) is 0 Å². The van der Waals surface area contributed by atoms with E-state index in [9.17, 15) is 0 Å². The highest BCUT2D eigenvalue weighted by molar-refractivity contribution is 6.22. The zero-order valence-corrected chi connectivity index (χ0v) is 31.1. The van der Waals surface area contributed by atoms with Crippen molar-refractivity contribution in [3.8, 4) is 56.4 Å². The number of aromatic nitrogens is 3. The van der Waals surface area contributed by atoms with Gasteiger partial charge in [0.25, 0.3) is 0 Å². The fraction of sp³-hybridized carbons (Fsp3) is 0. The van der Waals surface area contributed by atoms with Gasteiger partial charge in [0.05, 0.1) is 0 Å². The summed E-state index contributed by atoms with van der Waals surface area (Å²) in [5.41, 5.74) is 10.5. The molecule has 3 heterocycles. The fourth-order valence-corrected chi connectivity index (χ4v) is 8.49. The van der Waals surface area contributed by atoms with Crippen LogP contribution in [0.5, 0.6) is 0 Å². The molecule has 3 aromatic heterocycles. The van der Waals surface area contributed by atoms with Crippen molar-refractivity contribution >= 4 is 65.4 Å². The highest BCUT2D eigenvalue weighted by atomic mass is 16.3. The Balaban J connectivity index is 1.04. The van der Waals surface area contributed by atoms with Crippen molar-refractivity contribution in [2.75, 3.05) is 0 Å². The van der Waals surface area contributed by atoms with Gasteiger partial charge >= 0.3 is 0 Å². The third-order valence-corrected chi connectivity index (χ3v) is 11.3. The number of para-hydroxylation sites is 1. The second kappa shape index (κ2) is 12.8. The smallest absolute Gasteiger partial charge is 0.164 e. The molecule has 5 nitrogen and oxygen atoms in total. The first kappa shape index (κ1) is 32.4. The minimum Gasteiger partial charge on any atom is -0.456 e. The van der Waals surface area contributed by atoms with E-state index < -0.39 is 0 Å². The molecule has 0 amide bonds. The van der Waals surface area contributed by atoms with E-state index in [4.69, 9.17) is 23.8 Å². The summed E-state index contributed by atoms with van der Waals surface area (Å²) in [6.45, 7) is 0. The summed E-state index contributed by atoms with van der Waals surface area (Å²) in [6, 6.07) is 65.1. The summed E-state index contributed by atoms with van der Waals surface area (Å²) in [4.78, 5) is 15.5. The Bertz CT molecular complexity index is 3570. The number of nitrogens with zero attached hydrogens (tertiary/aromatic N) is 3. The first-order valence-electron chi connectivity index (χ1n) is 19.4. The van der Waals surface area contributed by atoms with Crippen LogP contribution in [-0.4, -0.2) is 15.0 Å². The summed E-state index contributed by atoms with van der Waals surface area (Å²) in [5.74, 6) is 1.80. The largest absolute Gasteiger partial charge is 0.456 e. The number of hydrogen-bond donors (Lipinski definition) is 0. The third-order valence-electron chi connectivity index (χ3n) is 11.3. The summed E-state index contributed by atoms with van der Waals surface area (Å²) in [7, 11) is 0. The average Bonchev–Trinajstić information content (AvgIpc) is 3.88. The highest BCUT2D eigenvalue weighted by Gasteiger charge is 2.21. The van der Waals surface area contributed by atoms with Crippen LogP contribution in [0.15, 0.2) is 197 Å². The molecule has 0 aliphatic rings. The van der Waals surface area contributed by atoms with E-state index in [1.165, 1.54) is 0 Å². The Hall–Kier alpha value is -7.89. The van der Waals surface area contributed by atoms with Gasteiger partial charge in [-0.2, -0.15) is 0 Å². The molecule has 0 bridgehead atoms. The summed E-state index contributed by atoms with van der Waals surface area (Å²) < 4.78 is 13.2. The van der Waals surface area contributed by atoms with Gasteiger partial charge in [0.1, 0.15) is 22.3 Å². The lowest BCUT2D eigenvalue weighted by molar-refractivity contribution is 0.669. The molecule has 0 aliphatic heterocycles. The molecule has 0 saturated heterocycles. The molecule has 5 heteroatoms. The van der Waals surface area contributed by atoms with Crippen LogP contribution in [-0.2, 0) is 0 Å². The molecule has 0 spiro atoms. The Morgan fingerprint density at radius 1 is 0.293 bits per heavy atom. The van der Waals surface area contributed by atoms with E-state index in [0.717, 1.165) is 104 Å². The molecule has 0 unspecified atom stereocenters.